The maximum Gasteiger partial charge on any atom is 0.248 e. The van der Waals surface area contributed by atoms with Gasteiger partial charge in [-0.25, -0.2) is 4.39 Å². The number of Topliss-reactive ketones (excluding diaryl/α,β-unsaturated/α-hetero) is 1. The Bertz CT molecular complexity index is 821. The highest BCUT2D eigenvalue weighted by molar-refractivity contribution is 6.00. The molecule has 1 aliphatic heterocycles. The zero-order valence-electron chi connectivity index (χ0n) is 12.9. The van der Waals surface area contributed by atoms with E-state index in [0.29, 0.717) is 17.9 Å². The molecular formula is C16H16FN5O. The van der Waals surface area contributed by atoms with Gasteiger partial charge in [-0.05, 0) is 40.0 Å². The zero-order chi connectivity index (χ0) is 16.2. The van der Waals surface area contributed by atoms with E-state index in [1.54, 1.807) is 16.8 Å². The summed E-state index contributed by atoms with van der Waals surface area (Å²) in [7, 11) is 0. The van der Waals surface area contributed by atoms with E-state index in [9.17, 15) is 9.18 Å². The lowest BCUT2D eigenvalue weighted by Gasteiger charge is -2.37. The van der Waals surface area contributed by atoms with Crippen molar-refractivity contribution in [3.8, 4) is 0 Å². The number of halogens is 1. The Kier molecular flexibility index (Phi) is 2.88. The fourth-order valence-corrected chi connectivity index (χ4v) is 3.42. The molecule has 0 amide bonds. The summed E-state index contributed by atoms with van der Waals surface area (Å²) in [6, 6.07) is 5.71. The largest absolute Gasteiger partial charge is 0.326 e. The van der Waals surface area contributed by atoms with E-state index in [0.717, 1.165) is 17.7 Å². The second kappa shape index (κ2) is 4.71. The molecule has 0 fully saturated rings. The number of aromatic nitrogens is 4. The van der Waals surface area contributed by atoms with Crippen molar-refractivity contribution in [2.24, 2.45) is 5.41 Å². The molecule has 0 saturated heterocycles. The van der Waals surface area contributed by atoms with Gasteiger partial charge in [0.15, 0.2) is 5.78 Å². The summed E-state index contributed by atoms with van der Waals surface area (Å²) in [5.41, 5.74) is 2.23. The SMILES string of the molecule is CC1(C)CC(=O)C2=C(C1)Nc1nnnn1C2c1ccc(F)cc1. The standard InChI is InChI=1S/C16H16FN5O/c1-16(2)7-11-13(12(23)8-16)14(9-3-5-10(17)6-4-9)22-15(18-11)19-20-21-22/h3-6,14H,7-8H2,1-2H3,(H,18,19,21). The molecule has 0 saturated carbocycles. The predicted molar refractivity (Wildman–Crippen MR) is 81.0 cm³/mol. The Balaban J connectivity index is 1.89. The molecule has 4 rings (SSSR count). The molecule has 7 heteroatoms. The molecule has 1 aromatic heterocycles. The van der Waals surface area contributed by atoms with Crippen molar-refractivity contribution >= 4 is 11.7 Å². The number of hydrogen-bond donors (Lipinski definition) is 1. The predicted octanol–water partition coefficient (Wildman–Crippen LogP) is 2.47. The quantitative estimate of drug-likeness (QED) is 0.875. The van der Waals surface area contributed by atoms with Crippen LogP contribution >= 0.6 is 0 Å². The minimum Gasteiger partial charge on any atom is -0.326 e. The van der Waals surface area contributed by atoms with E-state index in [2.05, 4.69) is 34.7 Å². The number of carbonyl (C=O) groups excluding carboxylic acids is 1. The summed E-state index contributed by atoms with van der Waals surface area (Å²) in [5.74, 6) is 0.271. The van der Waals surface area contributed by atoms with Crippen molar-refractivity contribution in [3.05, 3.63) is 46.9 Å². The van der Waals surface area contributed by atoms with Crippen LogP contribution in [-0.4, -0.2) is 26.0 Å². The molecule has 1 N–H and O–H groups in total. The van der Waals surface area contributed by atoms with Crippen molar-refractivity contribution in [1.82, 2.24) is 20.2 Å². The minimum atomic E-state index is -0.416. The van der Waals surface area contributed by atoms with Gasteiger partial charge >= 0.3 is 0 Å². The molecule has 1 aromatic carbocycles. The first-order valence-electron chi connectivity index (χ1n) is 7.51. The monoisotopic (exact) mass is 313 g/mol. The molecule has 2 aliphatic rings. The second-order valence-electron chi connectivity index (χ2n) is 6.86. The fraction of sp³-hybridized carbons (Fsp3) is 0.375. The van der Waals surface area contributed by atoms with Gasteiger partial charge in [-0.2, -0.15) is 4.68 Å². The molecule has 118 valence electrons. The third-order valence-corrected chi connectivity index (χ3v) is 4.38. The van der Waals surface area contributed by atoms with Gasteiger partial charge in [0.1, 0.15) is 11.9 Å². The third kappa shape index (κ3) is 2.23. The van der Waals surface area contributed by atoms with Crippen LogP contribution in [0.15, 0.2) is 35.5 Å². The van der Waals surface area contributed by atoms with Crippen LogP contribution in [0.5, 0.6) is 0 Å². The second-order valence-corrected chi connectivity index (χ2v) is 6.86. The average molecular weight is 313 g/mol. The van der Waals surface area contributed by atoms with Crippen LogP contribution in [0.4, 0.5) is 10.3 Å². The van der Waals surface area contributed by atoms with E-state index in [1.807, 2.05) is 0 Å². The number of tetrazole rings is 1. The van der Waals surface area contributed by atoms with E-state index >= 15 is 0 Å². The Morgan fingerprint density at radius 3 is 2.74 bits per heavy atom. The average Bonchev–Trinajstić information content (AvgIpc) is 2.92. The molecule has 1 atom stereocenters. The maximum absolute atomic E-state index is 13.3. The Labute approximate surface area is 132 Å². The normalized spacial score (nSPS) is 22.4. The first-order valence-corrected chi connectivity index (χ1v) is 7.51. The van der Waals surface area contributed by atoms with Crippen molar-refractivity contribution < 1.29 is 9.18 Å². The van der Waals surface area contributed by atoms with Gasteiger partial charge in [-0.15, -0.1) is 0 Å². The van der Waals surface area contributed by atoms with Gasteiger partial charge in [0.05, 0.1) is 0 Å². The maximum atomic E-state index is 13.3. The molecule has 6 nitrogen and oxygen atoms in total. The minimum absolute atomic E-state index is 0.0826. The van der Waals surface area contributed by atoms with Crippen molar-refractivity contribution in [2.75, 3.05) is 5.32 Å². The van der Waals surface area contributed by atoms with Gasteiger partial charge in [0.2, 0.25) is 5.95 Å². The van der Waals surface area contributed by atoms with E-state index in [4.69, 9.17) is 0 Å². The molecule has 0 radical (unpaired) electrons. The summed E-state index contributed by atoms with van der Waals surface area (Å²) < 4.78 is 14.8. The van der Waals surface area contributed by atoms with Crippen molar-refractivity contribution in [1.29, 1.82) is 0 Å². The molecule has 1 unspecified atom stereocenters. The first-order chi connectivity index (χ1) is 10.9. The number of benzene rings is 1. The number of nitrogens with zero attached hydrogens (tertiary/aromatic N) is 4. The van der Waals surface area contributed by atoms with Crippen LogP contribution < -0.4 is 5.32 Å². The van der Waals surface area contributed by atoms with Crippen LogP contribution in [0.1, 0.15) is 38.3 Å². The molecular weight excluding hydrogens is 297 g/mol. The highest BCUT2D eigenvalue weighted by Crippen LogP contribution is 2.44. The number of rotatable bonds is 1. The van der Waals surface area contributed by atoms with Crippen LogP contribution in [-0.2, 0) is 4.79 Å². The fourth-order valence-electron chi connectivity index (χ4n) is 3.42. The molecule has 2 heterocycles. The molecule has 0 bridgehead atoms. The highest BCUT2D eigenvalue weighted by atomic mass is 19.1. The highest BCUT2D eigenvalue weighted by Gasteiger charge is 2.41. The number of nitrogens with one attached hydrogen (secondary N) is 1. The smallest absolute Gasteiger partial charge is 0.248 e. The van der Waals surface area contributed by atoms with Crippen LogP contribution in [0, 0.1) is 11.2 Å². The van der Waals surface area contributed by atoms with Gasteiger partial charge in [-0.3, -0.25) is 4.79 Å². The number of anilines is 1. The van der Waals surface area contributed by atoms with Crippen molar-refractivity contribution in [2.45, 2.75) is 32.7 Å². The molecule has 23 heavy (non-hydrogen) atoms. The first kappa shape index (κ1) is 14.0. The number of allylic oxidation sites excluding steroid dienone is 2. The number of ketones is 1. The summed E-state index contributed by atoms with van der Waals surface area (Å²) >= 11 is 0. The Morgan fingerprint density at radius 2 is 2.00 bits per heavy atom. The summed E-state index contributed by atoms with van der Waals surface area (Å²) in [6.45, 7) is 4.14. The van der Waals surface area contributed by atoms with Crippen LogP contribution in [0.3, 0.4) is 0 Å². The van der Waals surface area contributed by atoms with Crippen molar-refractivity contribution in [3.63, 3.8) is 0 Å². The lowest BCUT2D eigenvalue weighted by Crippen LogP contribution is -2.36. The van der Waals surface area contributed by atoms with Crippen LogP contribution in [0.2, 0.25) is 0 Å². The molecule has 0 spiro atoms. The number of fused-ring (bicyclic) bond motifs is 1. The van der Waals surface area contributed by atoms with Gasteiger partial charge in [0.25, 0.3) is 0 Å². The summed E-state index contributed by atoms with van der Waals surface area (Å²) in [5, 5.41) is 14.9. The van der Waals surface area contributed by atoms with Gasteiger partial charge in [0, 0.05) is 17.7 Å². The van der Waals surface area contributed by atoms with E-state index in [1.165, 1.54) is 12.1 Å². The van der Waals surface area contributed by atoms with E-state index in [-0.39, 0.29) is 17.0 Å². The third-order valence-electron chi connectivity index (χ3n) is 4.38. The lowest BCUT2D eigenvalue weighted by atomic mass is 9.73. The Hall–Kier alpha value is -2.57. The molecule has 1 aliphatic carbocycles. The van der Waals surface area contributed by atoms with Gasteiger partial charge < -0.3 is 5.32 Å². The molecule has 2 aromatic rings. The Morgan fingerprint density at radius 1 is 1.26 bits per heavy atom. The van der Waals surface area contributed by atoms with Crippen LogP contribution in [0.25, 0.3) is 0 Å². The number of carbonyl (C=O) groups is 1. The zero-order valence-corrected chi connectivity index (χ0v) is 12.9. The van der Waals surface area contributed by atoms with Gasteiger partial charge in [-0.1, -0.05) is 31.1 Å². The van der Waals surface area contributed by atoms with E-state index < -0.39 is 6.04 Å². The summed E-state index contributed by atoms with van der Waals surface area (Å²) in [6.07, 6.45) is 1.22. The summed E-state index contributed by atoms with van der Waals surface area (Å²) in [4.78, 5) is 12.8. The number of hydrogen-bond acceptors (Lipinski definition) is 5. The lowest BCUT2D eigenvalue weighted by molar-refractivity contribution is -0.118. The topological polar surface area (TPSA) is 72.7 Å².